The summed E-state index contributed by atoms with van der Waals surface area (Å²) < 4.78 is 6.54. The molecule has 2 nitrogen and oxygen atoms in total. The van der Waals surface area contributed by atoms with Crippen molar-refractivity contribution in [3.05, 3.63) is 28.2 Å². The molecule has 1 aromatic carbocycles. The zero-order valence-corrected chi connectivity index (χ0v) is 12.2. The molecule has 0 bridgehead atoms. The molecule has 0 radical (unpaired) electrons. The van der Waals surface area contributed by atoms with E-state index < -0.39 is 0 Å². The quantitative estimate of drug-likeness (QED) is 0.840. The second-order valence-corrected chi connectivity index (χ2v) is 5.67. The average Bonchev–Trinajstić information content (AvgIpc) is 2.77. The lowest BCUT2D eigenvalue weighted by atomic mass is 10.1. The fourth-order valence-electron chi connectivity index (χ4n) is 2.50. The Balaban J connectivity index is 2.05. The molecular formula is C14H20BrNO. The maximum Gasteiger partial charge on any atom is 0.123 e. The van der Waals surface area contributed by atoms with Crippen molar-refractivity contribution in [3.63, 3.8) is 0 Å². The van der Waals surface area contributed by atoms with Crippen LogP contribution in [0.15, 0.2) is 22.7 Å². The lowest BCUT2D eigenvalue weighted by Gasteiger charge is -2.18. The monoisotopic (exact) mass is 297 g/mol. The number of nitrogens with zero attached hydrogens (tertiary/aromatic N) is 1. The molecule has 1 atom stereocenters. The predicted molar refractivity (Wildman–Crippen MR) is 74.4 cm³/mol. The van der Waals surface area contributed by atoms with Crippen molar-refractivity contribution < 1.29 is 4.74 Å². The normalized spacial score (nSPS) is 20.8. The molecule has 2 rings (SSSR count). The van der Waals surface area contributed by atoms with Crippen LogP contribution in [0.25, 0.3) is 0 Å². The van der Waals surface area contributed by atoms with Crippen molar-refractivity contribution in [2.45, 2.75) is 26.3 Å². The summed E-state index contributed by atoms with van der Waals surface area (Å²) in [6, 6.07) is 6.23. The Hall–Kier alpha value is -0.540. The molecule has 1 aromatic rings. The topological polar surface area (TPSA) is 12.5 Å². The van der Waals surface area contributed by atoms with E-state index >= 15 is 0 Å². The lowest BCUT2D eigenvalue weighted by Crippen LogP contribution is -2.20. The van der Waals surface area contributed by atoms with E-state index in [4.69, 9.17) is 4.74 Å². The minimum atomic E-state index is 0.883. The van der Waals surface area contributed by atoms with E-state index in [1.165, 1.54) is 31.5 Å². The highest BCUT2D eigenvalue weighted by Gasteiger charge is 2.21. The third kappa shape index (κ3) is 3.23. The molecule has 0 amide bonds. The molecule has 0 N–H and O–H groups in total. The highest BCUT2D eigenvalue weighted by Crippen LogP contribution is 2.27. The summed E-state index contributed by atoms with van der Waals surface area (Å²) in [5.41, 5.74) is 1.28. The van der Waals surface area contributed by atoms with Crippen LogP contribution >= 0.6 is 15.9 Å². The lowest BCUT2D eigenvalue weighted by molar-refractivity contribution is 0.307. The van der Waals surface area contributed by atoms with Gasteiger partial charge in [0.15, 0.2) is 0 Å². The Morgan fingerprint density at radius 2 is 2.29 bits per heavy atom. The van der Waals surface area contributed by atoms with E-state index in [9.17, 15) is 0 Å². The smallest absolute Gasteiger partial charge is 0.123 e. The van der Waals surface area contributed by atoms with Crippen LogP contribution in [0.3, 0.4) is 0 Å². The van der Waals surface area contributed by atoms with Crippen LogP contribution < -0.4 is 4.74 Å². The van der Waals surface area contributed by atoms with Crippen molar-refractivity contribution in [2.75, 3.05) is 20.2 Å². The summed E-state index contributed by atoms with van der Waals surface area (Å²) in [4.78, 5) is 2.53. The average molecular weight is 298 g/mol. The molecule has 1 unspecified atom stereocenters. The molecule has 17 heavy (non-hydrogen) atoms. The van der Waals surface area contributed by atoms with E-state index in [2.05, 4.69) is 33.8 Å². The van der Waals surface area contributed by atoms with E-state index in [-0.39, 0.29) is 0 Å². The summed E-state index contributed by atoms with van der Waals surface area (Å²) >= 11 is 3.53. The first-order valence-corrected chi connectivity index (χ1v) is 7.07. The van der Waals surface area contributed by atoms with Gasteiger partial charge in [0.25, 0.3) is 0 Å². The Morgan fingerprint density at radius 3 is 2.94 bits per heavy atom. The molecule has 0 aromatic heterocycles. The molecule has 0 spiro atoms. The highest BCUT2D eigenvalue weighted by atomic mass is 79.9. The zero-order chi connectivity index (χ0) is 12.3. The summed E-state index contributed by atoms with van der Waals surface area (Å²) in [6.45, 7) is 5.73. The van der Waals surface area contributed by atoms with Gasteiger partial charge < -0.3 is 4.74 Å². The molecule has 3 heteroatoms. The van der Waals surface area contributed by atoms with Crippen LogP contribution in [0, 0.1) is 5.92 Å². The van der Waals surface area contributed by atoms with E-state index in [0.29, 0.717) is 0 Å². The largest absolute Gasteiger partial charge is 0.496 e. The standard InChI is InChI=1S/C14H20BrNO/c1-3-11-6-7-16(9-11)10-12-8-13(15)4-5-14(12)17-2/h4-5,8,11H,3,6-7,9-10H2,1-2H3. The van der Waals surface area contributed by atoms with Crippen LogP contribution in [-0.2, 0) is 6.54 Å². The second kappa shape index (κ2) is 5.87. The van der Waals surface area contributed by atoms with Crippen LogP contribution in [0.5, 0.6) is 5.75 Å². The predicted octanol–water partition coefficient (Wildman–Crippen LogP) is 3.69. The Morgan fingerprint density at radius 1 is 1.47 bits per heavy atom. The van der Waals surface area contributed by atoms with Gasteiger partial charge in [0.2, 0.25) is 0 Å². The highest BCUT2D eigenvalue weighted by molar-refractivity contribution is 9.10. The molecule has 1 saturated heterocycles. The van der Waals surface area contributed by atoms with Gasteiger partial charge in [-0.2, -0.15) is 0 Å². The van der Waals surface area contributed by atoms with Crippen molar-refractivity contribution in [2.24, 2.45) is 5.92 Å². The fraction of sp³-hybridized carbons (Fsp3) is 0.571. The van der Waals surface area contributed by atoms with Gasteiger partial charge in [-0.25, -0.2) is 0 Å². The number of benzene rings is 1. The van der Waals surface area contributed by atoms with Gasteiger partial charge in [0.1, 0.15) is 5.75 Å². The third-order valence-corrected chi connectivity index (χ3v) is 4.08. The van der Waals surface area contributed by atoms with Gasteiger partial charge in [-0.15, -0.1) is 0 Å². The Kier molecular flexibility index (Phi) is 4.46. The zero-order valence-electron chi connectivity index (χ0n) is 10.6. The van der Waals surface area contributed by atoms with Crippen LogP contribution in [0.1, 0.15) is 25.3 Å². The minimum absolute atomic E-state index is 0.883. The number of rotatable bonds is 4. The number of hydrogen-bond acceptors (Lipinski definition) is 2. The summed E-state index contributed by atoms with van der Waals surface area (Å²) in [5.74, 6) is 1.88. The van der Waals surface area contributed by atoms with Gasteiger partial charge in [-0.1, -0.05) is 29.3 Å². The van der Waals surface area contributed by atoms with Crippen LogP contribution in [0.2, 0.25) is 0 Å². The van der Waals surface area contributed by atoms with E-state index in [1.54, 1.807) is 7.11 Å². The second-order valence-electron chi connectivity index (χ2n) is 4.75. The minimum Gasteiger partial charge on any atom is -0.496 e. The SMILES string of the molecule is CCC1CCN(Cc2cc(Br)ccc2OC)C1. The summed E-state index contributed by atoms with van der Waals surface area (Å²) in [7, 11) is 1.74. The maximum atomic E-state index is 5.42. The maximum absolute atomic E-state index is 5.42. The number of ether oxygens (including phenoxy) is 1. The number of halogens is 1. The van der Waals surface area contributed by atoms with Crippen molar-refractivity contribution >= 4 is 15.9 Å². The van der Waals surface area contributed by atoms with Crippen molar-refractivity contribution in [1.29, 1.82) is 0 Å². The number of likely N-dealkylation sites (tertiary alicyclic amines) is 1. The van der Waals surface area contributed by atoms with Crippen molar-refractivity contribution in [1.82, 2.24) is 4.90 Å². The number of methoxy groups -OCH3 is 1. The van der Waals surface area contributed by atoms with Gasteiger partial charge in [-0.05, 0) is 37.1 Å². The molecule has 1 heterocycles. The molecule has 1 aliphatic heterocycles. The first-order valence-electron chi connectivity index (χ1n) is 6.27. The van der Waals surface area contributed by atoms with Crippen LogP contribution in [-0.4, -0.2) is 25.1 Å². The first kappa shape index (κ1) is 12.9. The Bertz CT molecular complexity index is 380. The molecule has 0 aliphatic carbocycles. The molecular weight excluding hydrogens is 278 g/mol. The van der Waals surface area contributed by atoms with Crippen molar-refractivity contribution in [3.8, 4) is 5.75 Å². The van der Waals surface area contributed by atoms with E-state index in [1.807, 2.05) is 12.1 Å². The van der Waals surface area contributed by atoms with Crippen LogP contribution in [0.4, 0.5) is 0 Å². The fourth-order valence-corrected chi connectivity index (χ4v) is 2.91. The van der Waals surface area contributed by atoms with Gasteiger partial charge in [0, 0.05) is 23.1 Å². The Labute approximate surface area is 112 Å². The molecule has 0 saturated carbocycles. The van der Waals surface area contributed by atoms with E-state index in [0.717, 1.165) is 22.7 Å². The summed E-state index contributed by atoms with van der Waals surface area (Å²) in [6.07, 6.45) is 2.64. The number of hydrogen-bond donors (Lipinski definition) is 0. The first-order chi connectivity index (χ1) is 8.22. The third-order valence-electron chi connectivity index (χ3n) is 3.58. The molecule has 94 valence electrons. The molecule has 1 aliphatic rings. The van der Waals surface area contributed by atoms with Gasteiger partial charge in [0.05, 0.1) is 7.11 Å². The summed E-state index contributed by atoms with van der Waals surface area (Å²) in [5, 5.41) is 0. The van der Waals surface area contributed by atoms with Gasteiger partial charge >= 0.3 is 0 Å². The van der Waals surface area contributed by atoms with Gasteiger partial charge in [-0.3, -0.25) is 4.90 Å². The molecule has 1 fully saturated rings.